The minimum Gasteiger partial charge on any atom is -0.330 e. The van der Waals surface area contributed by atoms with Gasteiger partial charge in [-0.15, -0.1) is 0 Å². The predicted octanol–water partition coefficient (Wildman–Crippen LogP) is 3.17. The molecule has 0 aromatic heterocycles. The minimum atomic E-state index is 0.393. The van der Waals surface area contributed by atoms with Crippen molar-refractivity contribution in [3.63, 3.8) is 0 Å². The highest BCUT2D eigenvalue weighted by Gasteiger charge is 2.34. The number of hydrogen-bond acceptors (Lipinski definition) is 2. The highest BCUT2D eigenvalue weighted by molar-refractivity contribution is 4.88. The number of rotatable bonds is 7. The second-order valence-corrected chi connectivity index (χ2v) is 7.20. The van der Waals surface area contributed by atoms with Gasteiger partial charge in [0.25, 0.3) is 0 Å². The van der Waals surface area contributed by atoms with Crippen LogP contribution in [0, 0.1) is 16.7 Å². The van der Waals surface area contributed by atoms with Crippen LogP contribution in [0.25, 0.3) is 0 Å². The van der Waals surface area contributed by atoms with E-state index >= 15 is 0 Å². The van der Waals surface area contributed by atoms with E-state index in [1.165, 1.54) is 38.6 Å². The highest BCUT2D eigenvalue weighted by Crippen LogP contribution is 2.43. The summed E-state index contributed by atoms with van der Waals surface area (Å²) in [4.78, 5) is 0. The maximum Gasteiger partial charge on any atom is 0.000783 e. The van der Waals surface area contributed by atoms with Crippen LogP contribution in [-0.2, 0) is 0 Å². The lowest BCUT2D eigenvalue weighted by Crippen LogP contribution is -2.42. The molecule has 2 heteroatoms. The molecule has 0 aliphatic heterocycles. The van der Waals surface area contributed by atoms with Crippen LogP contribution in [-0.4, -0.2) is 19.6 Å². The van der Waals surface area contributed by atoms with Crippen LogP contribution in [0.2, 0.25) is 0 Å². The Labute approximate surface area is 108 Å². The van der Waals surface area contributed by atoms with Gasteiger partial charge in [0.1, 0.15) is 0 Å². The van der Waals surface area contributed by atoms with E-state index in [1.807, 2.05) is 0 Å². The van der Waals surface area contributed by atoms with Gasteiger partial charge in [0.05, 0.1) is 0 Å². The summed E-state index contributed by atoms with van der Waals surface area (Å²) in [6.07, 6.45) is 6.81. The molecule has 0 heterocycles. The first-order chi connectivity index (χ1) is 7.91. The lowest BCUT2D eigenvalue weighted by Gasteiger charge is -2.42. The van der Waals surface area contributed by atoms with Gasteiger partial charge < -0.3 is 11.1 Å². The maximum absolute atomic E-state index is 5.87. The summed E-state index contributed by atoms with van der Waals surface area (Å²) in [5.41, 5.74) is 6.89. The van der Waals surface area contributed by atoms with Crippen LogP contribution < -0.4 is 11.1 Å². The van der Waals surface area contributed by atoms with E-state index in [1.54, 1.807) is 0 Å². The van der Waals surface area contributed by atoms with E-state index in [4.69, 9.17) is 5.73 Å². The molecule has 17 heavy (non-hydrogen) atoms. The average molecular weight is 240 g/mol. The van der Waals surface area contributed by atoms with Crippen molar-refractivity contribution in [2.45, 2.75) is 59.8 Å². The highest BCUT2D eigenvalue weighted by atomic mass is 14.9. The van der Waals surface area contributed by atoms with Crippen molar-refractivity contribution in [3.8, 4) is 0 Å². The fourth-order valence-electron chi connectivity index (χ4n) is 2.98. The van der Waals surface area contributed by atoms with Gasteiger partial charge in [-0.3, -0.25) is 0 Å². The van der Waals surface area contributed by atoms with Crippen LogP contribution in [0.3, 0.4) is 0 Å². The van der Waals surface area contributed by atoms with Crippen LogP contribution >= 0.6 is 0 Å². The van der Waals surface area contributed by atoms with E-state index in [9.17, 15) is 0 Å². The lowest BCUT2D eigenvalue weighted by atomic mass is 9.67. The molecule has 0 saturated heterocycles. The Morgan fingerprint density at radius 2 is 1.94 bits per heavy atom. The molecule has 3 N–H and O–H groups in total. The number of hydrogen-bond donors (Lipinski definition) is 2. The maximum atomic E-state index is 5.87. The lowest BCUT2D eigenvalue weighted by molar-refractivity contribution is 0.121. The summed E-state index contributed by atoms with van der Waals surface area (Å²) in [7, 11) is 0. The molecule has 0 aromatic rings. The number of nitrogens with two attached hydrogens (primary N) is 1. The Balaban J connectivity index is 2.23. The normalized spacial score (nSPS) is 21.0. The molecule has 102 valence electrons. The standard InChI is InChI=1S/C15H32N2/c1-5-15(7-6-8-15)12-17-11-13(10-16)9-14(2,3)4/h13,17H,5-12,16H2,1-4H3. The SMILES string of the molecule is CCC1(CNCC(CN)CC(C)(C)C)CCC1. The minimum absolute atomic E-state index is 0.393. The molecule has 0 radical (unpaired) electrons. The summed E-state index contributed by atoms with van der Waals surface area (Å²) in [5.74, 6) is 0.629. The van der Waals surface area contributed by atoms with Gasteiger partial charge in [0.15, 0.2) is 0 Å². The first kappa shape index (κ1) is 15.0. The van der Waals surface area contributed by atoms with Crippen molar-refractivity contribution in [1.29, 1.82) is 0 Å². The molecule has 2 nitrogen and oxygen atoms in total. The predicted molar refractivity (Wildman–Crippen MR) is 76.1 cm³/mol. The zero-order valence-electron chi connectivity index (χ0n) is 12.3. The topological polar surface area (TPSA) is 38.0 Å². The molecule has 0 amide bonds. The molecule has 1 atom stereocenters. The van der Waals surface area contributed by atoms with E-state index in [2.05, 4.69) is 33.0 Å². The van der Waals surface area contributed by atoms with Crippen LogP contribution in [0.4, 0.5) is 0 Å². The Bertz CT molecular complexity index is 208. The smallest absolute Gasteiger partial charge is 0.000783 e. The van der Waals surface area contributed by atoms with Crippen molar-refractivity contribution >= 4 is 0 Å². The van der Waals surface area contributed by atoms with Crippen molar-refractivity contribution in [1.82, 2.24) is 5.32 Å². The molecule has 1 rings (SSSR count). The van der Waals surface area contributed by atoms with Crippen molar-refractivity contribution in [3.05, 3.63) is 0 Å². The Kier molecular flexibility index (Phi) is 5.46. The third kappa shape index (κ3) is 4.97. The van der Waals surface area contributed by atoms with Crippen LogP contribution in [0.5, 0.6) is 0 Å². The van der Waals surface area contributed by atoms with Gasteiger partial charge in [-0.05, 0) is 55.5 Å². The third-order valence-electron chi connectivity index (χ3n) is 4.33. The molecule has 1 unspecified atom stereocenters. The summed E-state index contributed by atoms with van der Waals surface area (Å²) in [6, 6.07) is 0. The zero-order chi connectivity index (χ0) is 12.9. The quantitative estimate of drug-likeness (QED) is 0.717. The summed E-state index contributed by atoms with van der Waals surface area (Å²) in [5, 5.41) is 3.67. The van der Waals surface area contributed by atoms with Gasteiger partial charge in [-0.1, -0.05) is 34.1 Å². The third-order valence-corrected chi connectivity index (χ3v) is 4.33. The molecule has 0 bridgehead atoms. The molecule has 1 fully saturated rings. The summed E-state index contributed by atoms with van der Waals surface area (Å²) >= 11 is 0. The second-order valence-electron chi connectivity index (χ2n) is 7.20. The van der Waals surface area contributed by atoms with Gasteiger partial charge in [-0.2, -0.15) is 0 Å². The van der Waals surface area contributed by atoms with Gasteiger partial charge in [0, 0.05) is 6.54 Å². The molecule has 1 aliphatic rings. The fourth-order valence-corrected chi connectivity index (χ4v) is 2.98. The zero-order valence-corrected chi connectivity index (χ0v) is 12.3. The Morgan fingerprint density at radius 1 is 1.29 bits per heavy atom. The summed E-state index contributed by atoms with van der Waals surface area (Å²) < 4.78 is 0. The molecule has 1 aliphatic carbocycles. The Morgan fingerprint density at radius 3 is 2.29 bits per heavy atom. The van der Waals surface area contributed by atoms with Crippen LogP contribution in [0.1, 0.15) is 59.8 Å². The van der Waals surface area contributed by atoms with E-state index < -0.39 is 0 Å². The van der Waals surface area contributed by atoms with E-state index in [0.717, 1.165) is 13.1 Å². The first-order valence-corrected chi connectivity index (χ1v) is 7.31. The van der Waals surface area contributed by atoms with Crippen LogP contribution in [0.15, 0.2) is 0 Å². The van der Waals surface area contributed by atoms with Crippen molar-refractivity contribution in [2.24, 2.45) is 22.5 Å². The second kappa shape index (κ2) is 6.19. The molecular formula is C15H32N2. The van der Waals surface area contributed by atoms with Gasteiger partial charge in [-0.25, -0.2) is 0 Å². The van der Waals surface area contributed by atoms with Crippen molar-refractivity contribution in [2.75, 3.05) is 19.6 Å². The molecule has 0 spiro atoms. The molecule has 1 saturated carbocycles. The van der Waals surface area contributed by atoms with E-state index in [0.29, 0.717) is 16.7 Å². The monoisotopic (exact) mass is 240 g/mol. The largest absolute Gasteiger partial charge is 0.330 e. The molecule has 0 aromatic carbocycles. The van der Waals surface area contributed by atoms with Gasteiger partial charge >= 0.3 is 0 Å². The summed E-state index contributed by atoms with van der Waals surface area (Å²) in [6.45, 7) is 12.3. The van der Waals surface area contributed by atoms with Gasteiger partial charge in [0.2, 0.25) is 0 Å². The average Bonchev–Trinajstić information content (AvgIpc) is 2.18. The molecular weight excluding hydrogens is 208 g/mol. The number of nitrogens with one attached hydrogen (secondary N) is 1. The first-order valence-electron chi connectivity index (χ1n) is 7.31. The van der Waals surface area contributed by atoms with Crippen molar-refractivity contribution < 1.29 is 0 Å². The fraction of sp³-hybridized carbons (Fsp3) is 1.00. The van der Waals surface area contributed by atoms with E-state index in [-0.39, 0.29) is 0 Å². The Hall–Kier alpha value is -0.0800.